The number of likely N-dealkylation sites (tertiary alicyclic amines) is 1. The Hall–Kier alpha value is -2.38. The van der Waals surface area contributed by atoms with E-state index in [0.717, 1.165) is 12.8 Å². The van der Waals surface area contributed by atoms with Crippen molar-refractivity contribution < 1.29 is 14.1 Å². The van der Waals surface area contributed by atoms with Gasteiger partial charge in [-0.3, -0.25) is 4.79 Å². The van der Waals surface area contributed by atoms with Crippen molar-refractivity contribution in [1.82, 2.24) is 24.8 Å². The lowest BCUT2D eigenvalue weighted by Gasteiger charge is -2.31. The second kappa shape index (κ2) is 6.02. The number of nitrogens with zero attached hydrogens (tertiary/aromatic N) is 5. The van der Waals surface area contributed by atoms with Crippen LogP contribution in [0.15, 0.2) is 4.52 Å². The van der Waals surface area contributed by atoms with Crippen LogP contribution in [0.2, 0.25) is 0 Å². The van der Waals surface area contributed by atoms with Gasteiger partial charge in [0.15, 0.2) is 5.82 Å². The van der Waals surface area contributed by atoms with Crippen LogP contribution >= 0.6 is 0 Å². The smallest absolute Gasteiger partial charge is 0.261 e. The van der Waals surface area contributed by atoms with Crippen molar-refractivity contribution >= 4 is 5.91 Å². The van der Waals surface area contributed by atoms with E-state index in [0.29, 0.717) is 41.9 Å². The summed E-state index contributed by atoms with van der Waals surface area (Å²) in [7, 11) is 3.32. The normalized spacial score (nSPS) is 18.3. The fourth-order valence-corrected chi connectivity index (χ4v) is 3.12. The highest BCUT2D eigenvalue weighted by atomic mass is 16.5. The Labute approximate surface area is 134 Å². The van der Waals surface area contributed by atoms with Gasteiger partial charge in [-0.1, -0.05) is 5.16 Å². The highest BCUT2D eigenvalue weighted by Gasteiger charge is 2.32. The van der Waals surface area contributed by atoms with Gasteiger partial charge < -0.3 is 14.2 Å². The number of aromatic nitrogens is 4. The van der Waals surface area contributed by atoms with Gasteiger partial charge in [0.05, 0.1) is 18.7 Å². The molecule has 0 radical (unpaired) electrons. The third kappa shape index (κ3) is 2.80. The van der Waals surface area contributed by atoms with Gasteiger partial charge in [-0.15, -0.1) is 0 Å². The Morgan fingerprint density at radius 3 is 2.83 bits per heavy atom. The summed E-state index contributed by atoms with van der Waals surface area (Å²) in [6.07, 6.45) is 1.84. The lowest BCUT2D eigenvalue weighted by Crippen LogP contribution is -2.39. The molecule has 124 valence electrons. The van der Waals surface area contributed by atoms with Crippen molar-refractivity contribution in [2.75, 3.05) is 20.2 Å². The number of hydrogen-bond donors (Lipinski definition) is 0. The molecule has 0 aromatic carbocycles. The molecule has 1 saturated heterocycles. The van der Waals surface area contributed by atoms with E-state index in [4.69, 9.17) is 9.26 Å². The summed E-state index contributed by atoms with van der Waals surface area (Å²) in [5.74, 6) is 1.73. The maximum atomic E-state index is 12.9. The monoisotopic (exact) mass is 319 g/mol. The number of hydrogen-bond acceptors (Lipinski definition) is 6. The van der Waals surface area contributed by atoms with Crippen molar-refractivity contribution in [3.05, 3.63) is 23.0 Å². The second-order valence-electron chi connectivity index (χ2n) is 5.86. The van der Waals surface area contributed by atoms with Crippen LogP contribution in [-0.2, 0) is 7.05 Å². The largest absolute Gasteiger partial charge is 0.481 e. The molecule has 1 fully saturated rings. The first-order valence-corrected chi connectivity index (χ1v) is 7.68. The molecule has 0 bridgehead atoms. The minimum atomic E-state index is -0.0617. The van der Waals surface area contributed by atoms with E-state index in [2.05, 4.69) is 15.2 Å². The van der Waals surface area contributed by atoms with Crippen LogP contribution in [0, 0.1) is 13.8 Å². The number of carbonyl (C=O) groups excluding carboxylic acids is 1. The van der Waals surface area contributed by atoms with Crippen molar-refractivity contribution in [3.8, 4) is 5.88 Å². The predicted molar refractivity (Wildman–Crippen MR) is 81.4 cm³/mol. The van der Waals surface area contributed by atoms with E-state index in [-0.39, 0.29) is 11.8 Å². The van der Waals surface area contributed by atoms with Gasteiger partial charge in [0.1, 0.15) is 5.56 Å². The fraction of sp³-hybridized carbons (Fsp3) is 0.600. The van der Waals surface area contributed by atoms with E-state index in [1.807, 2.05) is 11.8 Å². The first-order valence-electron chi connectivity index (χ1n) is 7.68. The zero-order chi connectivity index (χ0) is 16.6. The van der Waals surface area contributed by atoms with E-state index in [1.54, 1.807) is 25.8 Å². The molecule has 2 aromatic rings. The lowest BCUT2D eigenvalue weighted by atomic mass is 9.97. The highest BCUT2D eigenvalue weighted by molar-refractivity contribution is 5.97. The van der Waals surface area contributed by atoms with E-state index < -0.39 is 0 Å². The molecule has 1 aliphatic rings. The standard InChI is InChI=1S/C15H21N5O3/c1-9-12(15(22-4)19(3)17-9)14(21)20-7-5-6-11(8-20)13-16-10(2)18-23-13/h11H,5-8H2,1-4H3. The van der Waals surface area contributed by atoms with E-state index in [9.17, 15) is 4.79 Å². The Morgan fingerprint density at radius 2 is 2.17 bits per heavy atom. The minimum absolute atomic E-state index is 0.0617. The van der Waals surface area contributed by atoms with Crippen LogP contribution in [0.5, 0.6) is 5.88 Å². The second-order valence-corrected chi connectivity index (χ2v) is 5.86. The number of ether oxygens (including phenoxy) is 1. The summed E-state index contributed by atoms with van der Waals surface area (Å²) < 4.78 is 12.2. The number of carbonyl (C=O) groups is 1. The number of amides is 1. The van der Waals surface area contributed by atoms with Gasteiger partial charge in [-0.05, 0) is 26.7 Å². The van der Waals surface area contributed by atoms with E-state index >= 15 is 0 Å². The van der Waals surface area contributed by atoms with Crippen LogP contribution < -0.4 is 4.74 Å². The van der Waals surface area contributed by atoms with Crippen LogP contribution in [0.1, 0.15) is 46.5 Å². The zero-order valence-electron chi connectivity index (χ0n) is 13.9. The average Bonchev–Trinajstić information content (AvgIpc) is 3.09. The third-order valence-electron chi connectivity index (χ3n) is 4.18. The number of piperidine rings is 1. The molecule has 8 nitrogen and oxygen atoms in total. The Balaban J connectivity index is 1.82. The quantitative estimate of drug-likeness (QED) is 0.851. The van der Waals surface area contributed by atoms with Gasteiger partial charge in [0.25, 0.3) is 5.91 Å². The SMILES string of the molecule is COc1c(C(=O)N2CCCC(c3nc(C)no3)C2)c(C)nn1C. The molecule has 3 rings (SSSR count). The number of methoxy groups -OCH3 is 1. The minimum Gasteiger partial charge on any atom is -0.481 e. The molecule has 1 amide bonds. The summed E-state index contributed by atoms with van der Waals surface area (Å²) in [5, 5.41) is 8.12. The molecule has 23 heavy (non-hydrogen) atoms. The molecule has 8 heteroatoms. The molecule has 1 unspecified atom stereocenters. The highest BCUT2D eigenvalue weighted by Crippen LogP contribution is 2.29. The maximum absolute atomic E-state index is 12.9. The van der Waals surface area contributed by atoms with Gasteiger partial charge in [-0.25, -0.2) is 4.68 Å². The Bertz CT molecular complexity index is 721. The maximum Gasteiger partial charge on any atom is 0.261 e. The molecule has 0 N–H and O–H groups in total. The summed E-state index contributed by atoms with van der Waals surface area (Å²) in [5.41, 5.74) is 1.20. The molecular weight excluding hydrogens is 298 g/mol. The lowest BCUT2D eigenvalue weighted by molar-refractivity contribution is 0.0691. The molecule has 2 aromatic heterocycles. The van der Waals surface area contributed by atoms with E-state index in [1.165, 1.54) is 0 Å². The number of rotatable bonds is 3. The first kappa shape index (κ1) is 15.5. The fourth-order valence-electron chi connectivity index (χ4n) is 3.12. The molecule has 0 spiro atoms. The molecule has 3 heterocycles. The molecule has 1 atom stereocenters. The van der Waals surface area contributed by atoms with Crippen LogP contribution in [0.25, 0.3) is 0 Å². The average molecular weight is 319 g/mol. The number of aryl methyl sites for hydroxylation is 3. The summed E-state index contributed by atoms with van der Waals surface area (Å²) in [6, 6.07) is 0. The Kier molecular flexibility index (Phi) is 4.06. The van der Waals surface area contributed by atoms with Crippen LogP contribution in [0.3, 0.4) is 0 Å². The van der Waals surface area contributed by atoms with Gasteiger partial charge >= 0.3 is 0 Å². The van der Waals surface area contributed by atoms with Crippen molar-refractivity contribution in [1.29, 1.82) is 0 Å². The zero-order valence-corrected chi connectivity index (χ0v) is 13.9. The third-order valence-corrected chi connectivity index (χ3v) is 4.18. The summed E-state index contributed by atoms with van der Waals surface area (Å²) in [4.78, 5) is 19.0. The van der Waals surface area contributed by atoms with Gasteiger partial charge in [0, 0.05) is 20.1 Å². The molecule has 1 aliphatic heterocycles. The Morgan fingerprint density at radius 1 is 1.39 bits per heavy atom. The van der Waals surface area contributed by atoms with Crippen LogP contribution in [-0.4, -0.2) is 50.9 Å². The molecular formula is C15H21N5O3. The topological polar surface area (TPSA) is 86.3 Å². The molecule has 0 aliphatic carbocycles. The summed E-state index contributed by atoms with van der Waals surface area (Å²) >= 11 is 0. The van der Waals surface area contributed by atoms with Crippen molar-refractivity contribution in [2.45, 2.75) is 32.6 Å². The van der Waals surface area contributed by atoms with Crippen molar-refractivity contribution in [2.24, 2.45) is 7.05 Å². The summed E-state index contributed by atoms with van der Waals surface area (Å²) in [6.45, 7) is 4.89. The van der Waals surface area contributed by atoms with Gasteiger partial charge in [-0.2, -0.15) is 10.1 Å². The predicted octanol–water partition coefficient (Wildman–Crippen LogP) is 1.45. The molecule has 0 saturated carbocycles. The first-order chi connectivity index (χ1) is 11.0. The van der Waals surface area contributed by atoms with Gasteiger partial charge in [0.2, 0.25) is 11.8 Å². The van der Waals surface area contributed by atoms with Crippen LogP contribution in [0.4, 0.5) is 0 Å². The van der Waals surface area contributed by atoms with Crippen molar-refractivity contribution in [3.63, 3.8) is 0 Å².